The van der Waals surface area contributed by atoms with E-state index in [9.17, 15) is 0 Å². The molecule has 0 fully saturated rings. The molecule has 2 aromatic carbocycles. The minimum Gasteiger partial charge on any atom is -0.396 e. The first-order chi connectivity index (χ1) is 10.2. The van der Waals surface area contributed by atoms with Crippen LogP contribution >= 0.6 is 0 Å². The molecular weight excluding hydrogens is 258 g/mol. The van der Waals surface area contributed by atoms with Crippen molar-refractivity contribution in [2.24, 2.45) is 5.92 Å². The number of hydrogen-bond acceptors (Lipinski definition) is 2. The average Bonchev–Trinajstić information content (AvgIpc) is 2.48. The van der Waals surface area contributed by atoms with Crippen molar-refractivity contribution in [3.8, 4) is 0 Å². The molecule has 0 unspecified atom stereocenters. The van der Waals surface area contributed by atoms with Crippen molar-refractivity contribution >= 4 is 5.69 Å². The van der Waals surface area contributed by atoms with E-state index in [2.05, 4.69) is 67.7 Å². The predicted octanol–water partition coefficient (Wildman–Crippen LogP) is 4.03. The highest BCUT2D eigenvalue weighted by atomic mass is 16.2. The normalized spacial score (nSPS) is 10.9. The third-order valence-corrected chi connectivity index (χ3v) is 3.52. The molecule has 0 aliphatic carbocycles. The summed E-state index contributed by atoms with van der Waals surface area (Å²) in [6.45, 7) is 5.53. The van der Waals surface area contributed by atoms with Gasteiger partial charge in [0, 0.05) is 18.8 Å². The molecular formula is C19H25NO. The summed E-state index contributed by atoms with van der Waals surface area (Å²) < 4.78 is 0. The van der Waals surface area contributed by atoms with Gasteiger partial charge in [-0.1, -0.05) is 50.2 Å². The van der Waals surface area contributed by atoms with Gasteiger partial charge in [0.15, 0.2) is 0 Å². The second kappa shape index (κ2) is 7.84. The summed E-state index contributed by atoms with van der Waals surface area (Å²) in [6.07, 6.45) is 1.86. The van der Waals surface area contributed by atoms with Crippen molar-refractivity contribution in [1.29, 1.82) is 0 Å². The van der Waals surface area contributed by atoms with Crippen LogP contribution in [0.4, 0.5) is 5.69 Å². The van der Waals surface area contributed by atoms with Crippen molar-refractivity contribution in [3.63, 3.8) is 0 Å². The summed E-state index contributed by atoms with van der Waals surface area (Å²) in [5.41, 5.74) is 4.98. The molecule has 0 aliphatic heterocycles. The lowest BCUT2D eigenvalue weighted by Gasteiger charge is -2.09. The topological polar surface area (TPSA) is 32.3 Å². The van der Waals surface area contributed by atoms with Crippen molar-refractivity contribution in [3.05, 3.63) is 65.2 Å². The molecule has 2 N–H and O–H groups in total. The predicted molar refractivity (Wildman–Crippen MR) is 89.5 cm³/mol. The van der Waals surface area contributed by atoms with Gasteiger partial charge in [0.2, 0.25) is 0 Å². The first-order valence-electron chi connectivity index (χ1n) is 7.69. The van der Waals surface area contributed by atoms with Crippen LogP contribution in [0.1, 0.15) is 30.5 Å². The molecule has 2 aromatic rings. The lowest BCUT2D eigenvalue weighted by molar-refractivity contribution is 0.299. The molecule has 0 bridgehead atoms. The van der Waals surface area contributed by atoms with E-state index in [0.717, 1.165) is 25.1 Å². The van der Waals surface area contributed by atoms with Gasteiger partial charge in [-0.2, -0.15) is 0 Å². The van der Waals surface area contributed by atoms with Crippen molar-refractivity contribution < 1.29 is 5.11 Å². The molecule has 0 saturated carbocycles. The molecule has 0 aliphatic rings. The first kappa shape index (κ1) is 15.6. The Bertz CT molecular complexity index is 528. The summed E-state index contributed by atoms with van der Waals surface area (Å²) in [4.78, 5) is 0. The van der Waals surface area contributed by atoms with Crippen LogP contribution in [0.3, 0.4) is 0 Å². The SMILES string of the molecule is CC(C)Cc1ccc(CNc2ccc(CCO)cc2)cc1. The molecule has 0 radical (unpaired) electrons. The maximum atomic E-state index is 8.90. The number of benzene rings is 2. The van der Waals surface area contributed by atoms with E-state index in [4.69, 9.17) is 5.11 Å². The number of rotatable bonds is 7. The Morgan fingerprint density at radius 3 is 2.00 bits per heavy atom. The smallest absolute Gasteiger partial charge is 0.0471 e. The fourth-order valence-electron chi connectivity index (χ4n) is 2.39. The summed E-state index contributed by atoms with van der Waals surface area (Å²) in [5.74, 6) is 0.700. The molecule has 2 heteroatoms. The number of hydrogen-bond donors (Lipinski definition) is 2. The molecule has 0 heterocycles. The molecule has 0 atom stereocenters. The van der Waals surface area contributed by atoms with E-state index in [1.807, 2.05) is 0 Å². The number of aliphatic hydroxyl groups is 1. The molecule has 112 valence electrons. The number of anilines is 1. The molecule has 0 amide bonds. The van der Waals surface area contributed by atoms with Crippen LogP contribution in [0.2, 0.25) is 0 Å². The highest BCUT2D eigenvalue weighted by Crippen LogP contribution is 2.13. The Labute approximate surface area is 127 Å². The van der Waals surface area contributed by atoms with Crippen LogP contribution in [0, 0.1) is 5.92 Å². The zero-order valence-electron chi connectivity index (χ0n) is 13.0. The van der Waals surface area contributed by atoms with Gasteiger partial charge in [-0.3, -0.25) is 0 Å². The van der Waals surface area contributed by atoms with Gasteiger partial charge in [-0.15, -0.1) is 0 Å². The minimum absolute atomic E-state index is 0.204. The van der Waals surface area contributed by atoms with Crippen LogP contribution in [0.5, 0.6) is 0 Å². The maximum Gasteiger partial charge on any atom is 0.0471 e. The summed E-state index contributed by atoms with van der Waals surface area (Å²) >= 11 is 0. The number of aliphatic hydroxyl groups excluding tert-OH is 1. The molecule has 0 spiro atoms. The Kier molecular flexibility index (Phi) is 5.82. The summed E-state index contributed by atoms with van der Waals surface area (Å²) in [5, 5.41) is 12.3. The van der Waals surface area contributed by atoms with Crippen LogP contribution in [0.15, 0.2) is 48.5 Å². The van der Waals surface area contributed by atoms with E-state index in [0.29, 0.717) is 5.92 Å². The van der Waals surface area contributed by atoms with Crippen molar-refractivity contribution in [2.45, 2.75) is 33.2 Å². The van der Waals surface area contributed by atoms with Crippen LogP contribution in [0.25, 0.3) is 0 Å². The largest absolute Gasteiger partial charge is 0.396 e. The fourth-order valence-corrected chi connectivity index (χ4v) is 2.39. The number of nitrogens with one attached hydrogen (secondary N) is 1. The lowest BCUT2D eigenvalue weighted by Crippen LogP contribution is -2.00. The minimum atomic E-state index is 0.204. The van der Waals surface area contributed by atoms with Gasteiger partial charge in [0.25, 0.3) is 0 Å². The third-order valence-electron chi connectivity index (χ3n) is 3.52. The molecule has 0 saturated heterocycles. The average molecular weight is 283 g/mol. The lowest BCUT2D eigenvalue weighted by atomic mass is 10.0. The zero-order chi connectivity index (χ0) is 15.1. The second-order valence-electron chi connectivity index (χ2n) is 5.94. The zero-order valence-corrected chi connectivity index (χ0v) is 13.0. The van der Waals surface area contributed by atoms with Gasteiger partial charge in [-0.25, -0.2) is 0 Å². The molecule has 0 aromatic heterocycles. The molecule has 21 heavy (non-hydrogen) atoms. The second-order valence-corrected chi connectivity index (χ2v) is 5.94. The van der Waals surface area contributed by atoms with Gasteiger partial charge in [-0.05, 0) is 47.6 Å². The van der Waals surface area contributed by atoms with Crippen molar-refractivity contribution in [2.75, 3.05) is 11.9 Å². The van der Waals surface area contributed by atoms with Crippen LogP contribution in [-0.4, -0.2) is 11.7 Å². The maximum absolute atomic E-state index is 8.90. The van der Waals surface area contributed by atoms with Crippen LogP contribution < -0.4 is 5.32 Å². The van der Waals surface area contributed by atoms with E-state index >= 15 is 0 Å². The van der Waals surface area contributed by atoms with Crippen molar-refractivity contribution in [1.82, 2.24) is 0 Å². The van der Waals surface area contributed by atoms with E-state index < -0.39 is 0 Å². The van der Waals surface area contributed by atoms with Gasteiger partial charge < -0.3 is 10.4 Å². The standard InChI is InChI=1S/C19H25NO/c1-15(2)13-17-3-5-18(6-4-17)14-20-19-9-7-16(8-10-19)11-12-21/h3-10,15,20-21H,11-14H2,1-2H3. The summed E-state index contributed by atoms with van der Waals surface area (Å²) in [6, 6.07) is 17.1. The Morgan fingerprint density at radius 1 is 0.857 bits per heavy atom. The quantitative estimate of drug-likeness (QED) is 0.804. The monoisotopic (exact) mass is 283 g/mol. The molecule has 2 nitrogen and oxygen atoms in total. The van der Waals surface area contributed by atoms with E-state index in [-0.39, 0.29) is 6.61 Å². The van der Waals surface area contributed by atoms with Crippen LogP contribution in [-0.2, 0) is 19.4 Å². The Morgan fingerprint density at radius 2 is 1.43 bits per heavy atom. The van der Waals surface area contributed by atoms with E-state index in [1.165, 1.54) is 16.7 Å². The van der Waals surface area contributed by atoms with E-state index in [1.54, 1.807) is 0 Å². The highest BCUT2D eigenvalue weighted by Gasteiger charge is 1.99. The Hall–Kier alpha value is -1.80. The van der Waals surface area contributed by atoms with Gasteiger partial charge in [0.05, 0.1) is 0 Å². The fraction of sp³-hybridized carbons (Fsp3) is 0.368. The highest BCUT2D eigenvalue weighted by molar-refractivity contribution is 5.45. The van der Waals surface area contributed by atoms with Gasteiger partial charge in [0.1, 0.15) is 0 Å². The Balaban J connectivity index is 1.87. The first-order valence-corrected chi connectivity index (χ1v) is 7.69. The van der Waals surface area contributed by atoms with Gasteiger partial charge >= 0.3 is 0 Å². The third kappa shape index (κ3) is 5.24. The summed E-state index contributed by atoms with van der Waals surface area (Å²) in [7, 11) is 0. The molecule has 2 rings (SSSR count).